The molecule has 8 heteroatoms. The number of rotatable bonds is 3. The first-order chi connectivity index (χ1) is 9.90. The van der Waals surface area contributed by atoms with Gasteiger partial charge in [-0.2, -0.15) is 4.98 Å². The fraction of sp³-hybridized carbons (Fsp3) is 0.385. The predicted molar refractivity (Wildman–Crippen MR) is 67.5 cm³/mol. The lowest BCUT2D eigenvalue weighted by Gasteiger charge is -2.19. The molecule has 2 N–H and O–H groups in total. The van der Waals surface area contributed by atoms with Crippen molar-refractivity contribution in [3.05, 3.63) is 30.4 Å². The van der Waals surface area contributed by atoms with E-state index in [0.29, 0.717) is 12.3 Å². The van der Waals surface area contributed by atoms with Crippen molar-refractivity contribution in [3.8, 4) is 5.88 Å². The Morgan fingerprint density at radius 2 is 2.19 bits per heavy atom. The quantitative estimate of drug-likeness (QED) is 0.836. The molecule has 5 nitrogen and oxygen atoms in total. The SMILES string of the molecule is O=C(Nc1cccc(OC(F)(F)F)n1)[C@@H]1C[C@H]2C=C[C@H]2N1. The third-order valence-corrected chi connectivity index (χ3v) is 3.44. The lowest BCUT2D eigenvalue weighted by molar-refractivity contribution is -0.276. The maximum Gasteiger partial charge on any atom is 0.574 e. The smallest absolute Gasteiger partial charge is 0.388 e. The molecule has 0 unspecified atom stereocenters. The third-order valence-electron chi connectivity index (χ3n) is 3.44. The van der Waals surface area contributed by atoms with Crippen LogP contribution in [0.2, 0.25) is 0 Å². The number of nitrogens with zero attached hydrogens (tertiary/aromatic N) is 1. The van der Waals surface area contributed by atoms with E-state index >= 15 is 0 Å². The summed E-state index contributed by atoms with van der Waals surface area (Å²) >= 11 is 0. The summed E-state index contributed by atoms with van der Waals surface area (Å²) in [4.78, 5) is 15.6. The molecule has 1 aromatic rings. The summed E-state index contributed by atoms with van der Waals surface area (Å²) in [5.74, 6) is -0.548. The van der Waals surface area contributed by atoms with Crippen LogP contribution in [-0.4, -0.2) is 29.3 Å². The van der Waals surface area contributed by atoms with Crippen LogP contribution in [0.15, 0.2) is 30.4 Å². The highest BCUT2D eigenvalue weighted by atomic mass is 19.4. The molecule has 112 valence electrons. The summed E-state index contributed by atoms with van der Waals surface area (Å²) < 4.78 is 40.0. The van der Waals surface area contributed by atoms with Crippen molar-refractivity contribution < 1.29 is 22.7 Å². The average Bonchev–Trinajstić information content (AvgIpc) is 2.63. The van der Waals surface area contributed by atoms with Gasteiger partial charge in [-0.15, -0.1) is 13.2 Å². The number of carbonyl (C=O) groups is 1. The van der Waals surface area contributed by atoms with Crippen LogP contribution in [0.25, 0.3) is 0 Å². The zero-order valence-corrected chi connectivity index (χ0v) is 10.7. The molecule has 3 rings (SSSR count). The standard InChI is InChI=1S/C13H12F3N3O2/c14-13(15,16)21-11-3-1-2-10(18-11)19-12(20)9-6-7-4-5-8(7)17-9/h1-5,7-9,17H,6H2,(H,18,19,20)/t7-,8-,9+/m1/s1. The summed E-state index contributed by atoms with van der Waals surface area (Å²) in [7, 11) is 0. The maximum absolute atomic E-state index is 12.1. The Morgan fingerprint density at radius 1 is 1.38 bits per heavy atom. The van der Waals surface area contributed by atoms with Gasteiger partial charge in [-0.1, -0.05) is 18.2 Å². The Bertz CT molecular complexity index is 574. The maximum atomic E-state index is 12.1. The van der Waals surface area contributed by atoms with Gasteiger partial charge in [-0.25, -0.2) is 0 Å². The van der Waals surface area contributed by atoms with Crippen LogP contribution in [0.4, 0.5) is 19.0 Å². The lowest BCUT2D eigenvalue weighted by Crippen LogP contribution is -2.39. The number of anilines is 1. The van der Waals surface area contributed by atoms with Crippen molar-refractivity contribution in [2.45, 2.75) is 24.9 Å². The molecule has 3 atom stereocenters. The number of ether oxygens (including phenoxy) is 1. The van der Waals surface area contributed by atoms with Gasteiger partial charge in [0.25, 0.3) is 0 Å². The Balaban J connectivity index is 1.62. The number of nitrogens with one attached hydrogen (secondary N) is 2. The minimum atomic E-state index is -4.81. The number of halogens is 3. The number of hydrogen-bond acceptors (Lipinski definition) is 4. The van der Waals surface area contributed by atoms with E-state index in [9.17, 15) is 18.0 Å². The summed E-state index contributed by atoms with van der Waals surface area (Å²) in [6, 6.07) is 3.65. The predicted octanol–water partition coefficient (Wildman–Crippen LogP) is 1.84. The molecule has 1 fully saturated rings. The number of alkyl halides is 3. The van der Waals surface area contributed by atoms with E-state index in [4.69, 9.17) is 0 Å². The van der Waals surface area contributed by atoms with E-state index in [1.807, 2.05) is 12.2 Å². The molecule has 2 aliphatic rings. The van der Waals surface area contributed by atoms with Crippen LogP contribution < -0.4 is 15.4 Å². The zero-order valence-electron chi connectivity index (χ0n) is 10.7. The fourth-order valence-corrected chi connectivity index (χ4v) is 2.41. The summed E-state index contributed by atoms with van der Waals surface area (Å²) in [6.07, 6.45) is -0.131. The van der Waals surface area contributed by atoms with Crippen LogP contribution in [0.5, 0.6) is 5.88 Å². The molecule has 2 heterocycles. The lowest BCUT2D eigenvalue weighted by atomic mass is 9.89. The molecular formula is C13H12F3N3O2. The minimum absolute atomic E-state index is 0.0238. The highest BCUT2D eigenvalue weighted by molar-refractivity contribution is 5.94. The highest BCUT2D eigenvalue weighted by Gasteiger charge is 2.38. The van der Waals surface area contributed by atoms with E-state index < -0.39 is 12.2 Å². The van der Waals surface area contributed by atoms with Crippen molar-refractivity contribution in [1.82, 2.24) is 10.3 Å². The number of aromatic nitrogens is 1. The van der Waals surface area contributed by atoms with Crippen LogP contribution in [0.1, 0.15) is 6.42 Å². The molecule has 0 radical (unpaired) electrons. The van der Waals surface area contributed by atoms with E-state index in [2.05, 4.69) is 20.4 Å². The van der Waals surface area contributed by atoms with Gasteiger partial charge >= 0.3 is 6.36 Å². The molecule has 1 aliphatic carbocycles. The average molecular weight is 299 g/mol. The molecule has 1 aromatic heterocycles. The molecule has 0 bridgehead atoms. The van der Waals surface area contributed by atoms with Gasteiger partial charge in [-0.05, 0) is 18.4 Å². The van der Waals surface area contributed by atoms with E-state index in [0.717, 1.165) is 6.07 Å². The van der Waals surface area contributed by atoms with E-state index in [-0.39, 0.29) is 23.8 Å². The molecule has 0 saturated carbocycles. The Labute approximate surface area is 118 Å². The third kappa shape index (κ3) is 3.15. The molecule has 21 heavy (non-hydrogen) atoms. The number of amides is 1. The molecule has 1 aliphatic heterocycles. The van der Waals surface area contributed by atoms with Crippen LogP contribution in [0, 0.1) is 5.92 Å². The van der Waals surface area contributed by atoms with Crippen LogP contribution in [-0.2, 0) is 4.79 Å². The Morgan fingerprint density at radius 3 is 2.76 bits per heavy atom. The van der Waals surface area contributed by atoms with Crippen LogP contribution >= 0.6 is 0 Å². The minimum Gasteiger partial charge on any atom is -0.388 e. The Kier molecular flexibility index (Phi) is 3.32. The summed E-state index contributed by atoms with van der Waals surface area (Å²) in [5.41, 5.74) is 0. The molecular weight excluding hydrogens is 287 g/mol. The van der Waals surface area contributed by atoms with E-state index in [1.165, 1.54) is 12.1 Å². The highest BCUT2D eigenvalue weighted by Crippen LogP contribution is 2.30. The number of fused-ring (bicyclic) bond motifs is 1. The van der Waals surface area contributed by atoms with Gasteiger partial charge in [-0.3, -0.25) is 10.1 Å². The molecule has 0 spiro atoms. The molecule has 1 saturated heterocycles. The van der Waals surface area contributed by atoms with Crippen molar-refractivity contribution in [2.75, 3.05) is 5.32 Å². The number of pyridine rings is 1. The summed E-state index contributed by atoms with van der Waals surface area (Å²) in [6.45, 7) is 0. The number of hydrogen-bond donors (Lipinski definition) is 2. The fourth-order valence-electron chi connectivity index (χ4n) is 2.41. The van der Waals surface area contributed by atoms with Gasteiger partial charge in [0.2, 0.25) is 11.8 Å². The monoisotopic (exact) mass is 299 g/mol. The topological polar surface area (TPSA) is 63.2 Å². The van der Waals surface area contributed by atoms with Crippen molar-refractivity contribution in [1.29, 1.82) is 0 Å². The van der Waals surface area contributed by atoms with Crippen LogP contribution in [0.3, 0.4) is 0 Å². The van der Waals surface area contributed by atoms with Crippen molar-refractivity contribution in [2.24, 2.45) is 5.92 Å². The Hall–Kier alpha value is -2.09. The van der Waals surface area contributed by atoms with Gasteiger partial charge in [0, 0.05) is 12.1 Å². The van der Waals surface area contributed by atoms with Crippen molar-refractivity contribution >= 4 is 11.7 Å². The van der Waals surface area contributed by atoms with E-state index in [1.54, 1.807) is 0 Å². The van der Waals surface area contributed by atoms with Gasteiger partial charge in [0.15, 0.2) is 0 Å². The summed E-state index contributed by atoms with van der Waals surface area (Å²) in [5, 5.41) is 5.62. The second-order valence-electron chi connectivity index (χ2n) is 4.93. The largest absolute Gasteiger partial charge is 0.574 e. The molecule has 1 amide bonds. The first kappa shape index (κ1) is 13.9. The normalized spacial score (nSPS) is 26.9. The second kappa shape index (κ2) is 5.03. The first-order valence-corrected chi connectivity index (χ1v) is 6.39. The number of carbonyl (C=O) groups excluding carboxylic acids is 1. The first-order valence-electron chi connectivity index (χ1n) is 6.39. The van der Waals surface area contributed by atoms with Crippen molar-refractivity contribution in [3.63, 3.8) is 0 Å². The van der Waals surface area contributed by atoms with Gasteiger partial charge in [0.05, 0.1) is 6.04 Å². The van der Waals surface area contributed by atoms with Gasteiger partial charge in [0.1, 0.15) is 5.82 Å². The van der Waals surface area contributed by atoms with Gasteiger partial charge < -0.3 is 10.1 Å². The zero-order chi connectivity index (χ0) is 15.0. The second-order valence-corrected chi connectivity index (χ2v) is 4.93. The molecule has 0 aromatic carbocycles.